The van der Waals surface area contributed by atoms with Crippen molar-refractivity contribution in [3.05, 3.63) is 68.4 Å². The lowest BCUT2D eigenvalue weighted by Gasteiger charge is -2.18. The molecule has 0 bridgehead atoms. The van der Waals surface area contributed by atoms with Gasteiger partial charge in [0.2, 0.25) is 0 Å². The van der Waals surface area contributed by atoms with Crippen LogP contribution < -0.4 is 5.32 Å². The summed E-state index contributed by atoms with van der Waals surface area (Å²) in [6.07, 6.45) is 0.739. The molecule has 0 radical (unpaired) electrons. The maximum Gasteiger partial charge on any atom is 0.128 e. The molecule has 0 aliphatic heterocycles. The lowest BCUT2D eigenvalue weighted by atomic mass is 9.98. The van der Waals surface area contributed by atoms with Gasteiger partial charge in [0.05, 0.1) is 0 Å². The Morgan fingerprint density at radius 2 is 1.84 bits per heavy atom. The number of rotatable bonds is 4. The first-order valence-electron chi connectivity index (χ1n) is 5.97. The predicted molar refractivity (Wildman–Crippen MR) is 83.7 cm³/mol. The second kappa shape index (κ2) is 6.64. The molecule has 0 aromatic heterocycles. The highest BCUT2D eigenvalue weighted by atomic mass is 79.9. The average molecular weight is 387 g/mol. The highest BCUT2D eigenvalue weighted by Crippen LogP contribution is 2.25. The predicted octanol–water partition coefficient (Wildman–Crippen LogP) is 4.85. The van der Waals surface area contributed by atoms with Gasteiger partial charge < -0.3 is 5.32 Å². The van der Waals surface area contributed by atoms with Crippen molar-refractivity contribution in [3.8, 4) is 0 Å². The van der Waals surface area contributed by atoms with Gasteiger partial charge in [0.25, 0.3) is 0 Å². The molecule has 4 heteroatoms. The van der Waals surface area contributed by atoms with E-state index in [1.54, 1.807) is 6.07 Å². The summed E-state index contributed by atoms with van der Waals surface area (Å²) in [5.74, 6) is -0.183. The Bertz CT molecular complexity index is 572. The molecule has 1 atom stereocenters. The third-order valence-electron chi connectivity index (χ3n) is 3.01. The summed E-state index contributed by atoms with van der Waals surface area (Å²) >= 11 is 6.84. The molecule has 1 unspecified atom stereocenters. The zero-order valence-corrected chi connectivity index (χ0v) is 13.6. The third-order valence-corrected chi connectivity index (χ3v) is 4.00. The molecule has 0 amide bonds. The lowest BCUT2D eigenvalue weighted by molar-refractivity contribution is 0.533. The van der Waals surface area contributed by atoms with Gasteiger partial charge in [0.15, 0.2) is 0 Å². The Balaban J connectivity index is 2.27. The summed E-state index contributed by atoms with van der Waals surface area (Å²) in [4.78, 5) is 0. The molecule has 1 nitrogen and oxygen atoms in total. The number of hydrogen-bond donors (Lipinski definition) is 1. The Morgan fingerprint density at radius 3 is 2.53 bits per heavy atom. The highest BCUT2D eigenvalue weighted by Gasteiger charge is 2.15. The van der Waals surface area contributed by atoms with Gasteiger partial charge in [-0.05, 0) is 49.4 Å². The molecule has 2 aromatic carbocycles. The van der Waals surface area contributed by atoms with Gasteiger partial charge in [-0.2, -0.15) is 0 Å². The van der Waals surface area contributed by atoms with Crippen molar-refractivity contribution in [2.45, 2.75) is 12.5 Å². The fourth-order valence-corrected chi connectivity index (χ4v) is 2.87. The molecule has 0 aliphatic rings. The Kier molecular flexibility index (Phi) is 5.13. The van der Waals surface area contributed by atoms with E-state index in [0.717, 1.165) is 20.9 Å². The minimum Gasteiger partial charge on any atom is -0.313 e. The number of hydrogen-bond acceptors (Lipinski definition) is 1. The molecular formula is C15H14Br2FN. The molecule has 2 rings (SSSR count). The maximum atomic E-state index is 13.9. The van der Waals surface area contributed by atoms with Gasteiger partial charge in [-0.1, -0.05) is 44.0 Å². The zero-order chi connectivity index (χ0) is 13.8. The van der Waals surface area contributed by atoms with Crippen LogP contribution in [0.2, 0.25) is 0 Å². The largest absolute Gasteiger partial charge is 0.313 e. The second-order valence-electron chi connectivity index (χ2n) is 4.34. The van der Waals surface area contributed by atoms with Gasteiger partial charge in [-0.25, -0.2) is 4.39 Å². The van der Waals surface area contributed by atoms with Crippen molar-refractivity contribution in [2.75, 3.05) is 7.05 Å². The van der Waals surface area contributed by atoms with Crippen molar-refractivity contribution in [1.82, 2.24) is 5.32 Å². The van der Waals surface area contributed by atoms with E-state index in [-0.39, 0.29) is 11.9 Å². The van der Waals surface area contributed by atoms with E-state index in [0.29, 0.717) is 5.56 Å². The summed E-state index contributed by atoms with van der Waals surface area (Å²) in [5.41, 5.74) is 1.84. The van der Waals surface area contributed by atoms with Crippen LogP contribution in [0.5, 0.6) is 0 Å². The van der Waals surface area contributed by atoms with Crippen LogP contribution in [0.1, 0.15) is 17.2 Å². The highest BCUT2D eigenvalue weighted by molar-refractivity contribution is 9.10. The smallest absolute Gasteiger partial charge is 0.128 e. The first-order valence-corrected chi connectivity index (χ1v) is 7.55. The summed E-state index contributed by atoms with van der Waals surface area (Å²) < 4.78 is 15.8. The van der Waals surface area contributed by atoms with E-state index in [9.17, 15) is 4.39 Å². The Morgan fingerprint density at radius 1 is 1.11 bits per heavy atom. The van der Waals surface area contributed by atoms with Crippen LogP contribution in [-0.4, -0.2) is 7.05 Å². The minimum absolute atomic E-state index is 0.0493. The second-order valence-corrected chi connectivity index (χ2v) is 6.17. The minimum atomic E-state index is -0.183. The van der Waals surface area contributed by atoms with Gasteiger partial charge in [0, 0.05) is 20.6 Å². The van der Waals surface area contributed by atoms with Crippen LogP contribution in [0.4, 0.5) is 4.39 Å². The number of nitrogens with one attached hydrogen (secondary N) is 1. The van der Waals surface area contributed by atoms with Crippen LogP contribution in [0.25, 0.3) is 0 Å². The van der Waals surface area contributed by atoms with E-state index < -0.39 is 0 Å². The normalized spacial score (nSPS) is 12.4. The quantitative estimate of drug-likeness (QED) is 0.791. The lowest BCUT2D eigenvalue weighted by Crippen LogP contribution is -2.20. The molecule has 0 spiro atoms. The molecule has 1 N–H and O–H groups in total. The summed E-state index contributed by atoms with van der Waals surface area (Å²) in [7, 11) is 1.85. The van der Waals surface area contributed by atoms with Crippen molar-refractivity contribution in [1.29, 1.82) is 0 Å². The summed E-state index contributed by atoms with van der Waals surface area (Å²) in [5, 5.41) is 3.18. The molecule has 0 fully saturated rings. The number of benzene rings is 2. The fourth-order valence-electron chi connectivity index (χ4n) is 2.05. The maximum absolute atomic E-state index is 13.9. The SMILES string of the molecule is CNC(Cc1cccc(Br)c1)c1cc(Br)ccc1F. The Hall–Kier alpha value is -0.710. The molecule has 0 heterocycles. The third kappa shape index (κ3) is 3.88. The van der Waals surface area contributed by atoms with E-state index in [1.807, 2.05) is 31.3 Å². The first-order chi connectivity index (χ1) is 9.10. The standard InChI is InChI=1S/C15H14Br2FN/c1-19-15(8-10-3-2-4-11(16)7-10)13-9-12(17)5-6-14(13)18/h2-7,9,15,19H,8H2,1H3. The summed E-state index contributed by atoms with van der Waals surface area (Å²) in [6, 6.07) is 13.1. The molecule has 2 aromatic rings. The van der Waals surface area contributed by atoms with E-state index in [4.69, 9.17) is 0 Å². The molecule has 0 saturated heterocycles. The van der Waals surface area contributed by atoms with Crippen molar-refractivity contribution < 1.29 is 4.39 Å². The Labute approximate surface area is 129 Å². The summed E-state index contributed by atoms with van der Waals surface area (Å²) in [6.45, 7) is 0. The monoisotopic (exact) mass is 385 g/mol. The zero-order valence-electron chi connectivity index (χ0n) is 10.5. The topological polar surface area (TPSA) is 12.0 Å². The van der Waals surface area contributed by atoms with Gasteiger partial charge in [-0.15, -0.1) is 0 Å². The molecule has 0 saturated carbocycles. The van der Waals surface area contributed by atoms with Crippen molar-refractivity contribution in [3.63, 3.8) is 0 Å². The molecular weight excluding hydrogens is 373 g/mol. The van der Waals surface area contributed by atoms with Crippen LogP contribution in [0.15, 0.2) is 51.4 Å². The van der Waals surface area contributed by atoms with Crippen LogP contribution in [0, 0.1) is 5.82 Å². The van der Waals surface area contributed by atoms with Crippen molar-refractivity contribution in [2.24, 2.45) is 0 Å². The molecule has 100 valence electrons. The number of likely N-dealkylation sites (N-methyl/N-ethyl adjacent to an activating group) is 1. The van der Waals surface area contributed by atoms with Crippen LogP contribution in [-0.2, 0) is 6.42 Å². The van der Waals surface area contributed by atoms with E-state index in [2.05, 4.69) is 43.2 Å². The van der Waals surface area contributed by atoms with Crippen molar-refractivity contribution >= 4 is 31.9 Å². The van der Waals surface area contributed by atoms with Crippen LogP contribution >= 0.6 is 31.9 Å². The van der Waals surface area contributed by atoms with Gasteiger partial charge in [-0.3, -0.25) is 0 Å². The van der Waals surface area contributed by atoms with Gasteiger partial charge >= 0.3 is 0 Å². The molecule has 19 heavy (non-hydrogen) atoms. The first kappa shape index (κ1) is 14.7. The van der Waals surface area contributed by atoms with Gasteiger partial charge in [0.1, 0.15) is 5.82 Å². The molecule has 0 aliphatic carbocycles. The van der Waals surface area contributed by atoms with E-state index >= 15 is 0 Å². The number of halogens is 3. The van der Waals surface area contributed by atoms with E-state index in [1.165, 1.54) is 6.07 Å². The average Bonchev–Trinajstić information content (AvgIpc) is 2.39. The fraction of sp³-hybridized carbons (Fsp3) is 0.200. The van der Waals surface area contributed by atoms with Crippen LogP contribution in [0.3, 0.4) is 0 Å².